The molecule has 0 unspecified atom stereocenters. The van der Waals surface area contributed by atoms with Crippen LogP contribution in [0, 0.1) is 5.92 Å². The van der Waals surface area contributed by atoms with E-state index in [-0.39, 0.29) is 0 Å². The molecular weight excluding hydrogens is 456 g/mol. The summed E-state index contributed by atoms with van der Waals surface area (Å²) in [7, 11) is 5.49. The largest absolute Gasteiger partial charge is 0.493 e. The highest BCUT2D eigenvalue weighted by Crippen LogP contribution is 2.33. The van der Waals surface area contributed by atoms with Crippen LogP contribution < -0.4 is 14.8 Å². The number of piperidine rings is 1. The highest BCUT2D eigenvalue weighted by molar-refractivity contribution is 9.10. The molecule has 164 valence electrons. The van der Waals surface area contributed by atoms with Crippen LogP contribution >= 0.6 is 15.9 Å². The molecule has 0 atom stereocenters. The molecular formula is C24H29BrN4O2. The van der Waals surface area contributed by atoms with Gasteiger partial charge in [-0.25, -0.2) is 9.97 Å². The summed E-state index contributed by atoms with van der Waals surface area (Å²) in [5.41, 5.74) is 2.80. The van der Waals surface area contributed by atoms with Gasteiger partial charge in [0.2, 0.25) is 0 Å². The van der Waals surface area contributed by atoms with Gasteiger partial charge in [0, 0.05) is 28.0 Å². The number of hydrogen-bond donors (Lipinski definition) is 1. The van der Waals surface area contributed by atoms with Crippen LogP contribution in [0.1, 0.15) is 18.5 Å². The predicted molar refractivity (Wildman–Crippen MR) is 128 cm³/mol. The number of rotatable bonds is 7. The molecule has 7 heteroatoms. The first kappa shape index (κ1) is 22.0. The molecule has 0 radical (unpaired) electrons. The molecule has 1 aliphatic heterocycles. The summed E-state index contributed by atoms with van der Waals surface area (Å²) in [6.45, 7) is 4.03. The topological polar surface area (TPSA) is 59.5 Å². The van der Waals surface area contributed by atoms with Crippen molar-refractivity contribution in [3.05, 3.63) is 46.6 Å². The van der Waals surface area contributed by atoms with Crippen LogP contribution in [-0.2, 0) is 6.54 Å². The van der Waals surface area contributed by atoms with E-state index in [1.807, 2.05) is 36.4 Å². The van der Waals surface area contributed by atoms with E-state index in [4.69, 9.17) is 19.4 Å². The van der Waals surface area contributed by atoms with Gasteiger partial charge in [-0.05, 0) is 63.6 Å². The molecule has 1 saturated heterocycles. The Morgan fingerprint density at radius 1 is 1.03 bits per heavy atom. The number of fused-ring (bicyclic) bond motifs is 1. The van der Waals surface area contributed by atoms with Crippen LogP contribution in [0.4, 0.5) is 0 Å². The lowest BCUT2D eigenvalue weighted by molar-refractivity contribution is 0.216. The van der Waals surface area contributed by atoms with Gasteiger partial charge in [-0.2, -0.15) is 0 Å². The van der Waals surface area contributed by atoms with Crippen molar-refractivity contribution in [2.45, 2.75) is 19.4 Å². The van der Waals surface area contributed by atoms with Crippen molar-refractivity contribution in [2.75, 3.05) is 40.9 Å². The number of ether oxygens (including phenoxy) is 2. The van der Waals surface area contributed by atoms with Crippen molar-refractivity contribution in [1.29, 1.82) is 0 Å². The van der Waals surface area contributed by atoms with Crippen LogP contribution in [0.25, 0.3) is 22.3 Å². The van der Waals surface area contributed by atoms with Crippen molar-refractivity contribution < 1.29 is 9.47 Å². The fourth-order valence-corrected chi connectivity index (χ4v) is 4.31. The molecule has 1 fully saturated rings. The van der Waals surface area contributed by atoms with E-state index in [9.17, 15) is 0 Å². The van der Waals surface area contributed by atoms with Gasteiger partial charge in [0.1, 0.15) is 0 Å². The Bertz CT molecular complexity index is 1030. The number of benzene rings is 2. The first-order valence-corrected chi connectivity index (χ1v) is 11.4. The predicted octanol–water partition coefficient (Wildman–Crippen LogP) is 4.51. The molecule has 31 heavy (non-hydrogen) atoms. The molecule has 0 bridgehead atoms. The van der Waals surface area contributed by atoms with Crippen molar-refractivity contribution in [1.82, 2.24) is 20.2 Å². The third-order valence-electron chi connectivity index (χ3n) is 5.95. The van der Waals surface area contributed by atoms with E-state index in [0.29, 0.717) is 29.8 Å². The molecule has 0 spiro atoms. The maximum absolute atomic E-state index is 5.53. The molecule has 2 aromatic carbocycles. The number of methoxy groups -OCH3 is 2. The van der Waals surface area contributed by atoms with Gasteiger partial charge >= 0.3 is 0 Å². The maximum atomic E-state index is 5.53. The van der Waals surface area contributed by atoms with Crippen LogP contribution in [-0.4, -0.2) is 55.8 Å². The molecule has 4 rings (SSSR count). The summed E-state index contributed by atoms with van der Waals surface area (Å²) in [5.74, 6) is 2.78. The van der Waals surface area contributed by atoms with E-state index < -0.39 is 0 Å². The minimum Gasteiger partial charge on any atom is -0.493 e. The first-order chi connectivity index (χ1) is 15.1. The summed E-state index contributed by atoms with van der Waals surface area (Å²) in [5, 5.41) is 4.62. The smallest absolute Gasteiger partial charge is 0.162 e. The molecule has 3 aromatic rings. The standard InChI is InChI=1S/C24H29BrN4O2/c1-29-10-8-16(9-11-29)14-26-15-21-19-12-22(30-2)23(31-3)13-20(19)27-24(28-21)17-4-6-18(25)7-5-17/h4-7,12-13,16,26H,8-11,14-15H2,1-3H3. The average molecular weight is 485 g/mol. The fourth-order valence-electron chi connectivity index (χ4n) is 4.04. The number of likely N-dealkylation sites (tertiary alicyclic amines) is 1. The molecule has 1 aromatic heterocycles. The second-order valence-corrected chi connectivity index (χ2v) is 9.02. The summed E-state index contributed by atoms with van der Waals surface area (Å²) >= 11 is 3.50. The number of nitrogens with one attached hydrogen (secondary N) is 1. The van der Waals surface area contributed by atoms with Crippen molar-refractivity contribution >= 4 is 26.8 Å². The summed E-state index contributed by atoms with van der Waals surface area (Å²) in [6.07, 6.45) is 2.48. The molecule has 1 N–H and O–H groups in total. The zero-order valence-corrected chi connectivity index (χ0v) is 19.9. The van der Waals surface area contributed by atoms with Crippen molar-refractivity contribution in [2.24, 2.45) is 5.92 Å². The summed E-state index contributed by atoms with van der Waals surface area (Å²) in [4.78, 5) is 12.2. The number of hydrogen-bond acceptors (Lipinski definition) is 6. The van der Waals surface area contributed by atoms with Gasteiger partial charge in [0.05, 0.1) is 25.4 Å². The van der Waals surface area contributed by atoms with E-state index in [1.165, 1.54) is 25.9 Å². The molecule has 0 aliphatic carbocycles. The Kier molecular flexibility index (Phi) is 7.05. The zero-order chi connectivity index (χ0) is 21.8. The van der Waals surface area contributed by atoms with Gasteiger partial charge in [-0.3, -0.25) is 0 Å². The van der Waals surface area contributed by atoms with Gasteiger partial charge in [0.25, 0.3) is 0 Å². The first-order valence-electron chi connectivity index (χ1n) is 10.6. The second kappa shape index (κ2) is 9.94. The second-order valence-electron chi connectivity index (χ2n) is 8.10. The third-order valence-corrected chi connectivity index (χ3v) is 6.47. The van der Waals surface area contributed by atoms with E-state index in [0.717, 1.165) is 33.2 Å². The highest BCUT2D eigenvalue weighted by Gasteiger charge is 2.18. The summed E-state index contributed by atoms with van der Waals surface area (Å²) in [6, 6.07) is 12.0. The number of nitrogens with zero attached hydrogens (tertiary/aromatic N) is 3. The highest BCUT2D eigenvalue weighted by atomic mass is 79.9. The quantitative estimate of drug-likeness (QED) is 0.532. The lowest BCUT2D eigenvalue weighted by Gasteiger charge is -2.29. The average Bonchev–Trinajstić information content (AvgIpc) is 2.79. The Morgan fingerprint density at radius 2 is 1.71 bits per heavy atom. The Hall–Kier alpha value is -2.22. The monoisotopic (exact) mass is 484 g/mol. The lowest BCUT2D eigenvalue weighted by atomic mass is 9.97. The SMILES string of the molecule is COc1cc2nc(-c3ccc(Br)cc3)nc(CNCC3CCN(C)CC3)c2cc1OC. The number of aromatic nitrogens is 2. The van der Waals surface area contributed by atoms with E-state index >= 15 is 0 Å². The maximum Gasteiger partial charge on any atom is 0.162 e. The van der Waals surface area contributed by atoms with Crippen LogP contribution in [0.5, 0.6) is 11.5 Å². The molecule has 1 aliphatic rings. The van der Waals surface area contributed by atoms with Crippen LogP contribution in [0.2, 0.25) is 0 Å². The van der Waals surface area contributed by atoms with Gasteiger partial charge in [-0.1, -0.05) is 28.1 Å². The van der Waals surface area contributed by atoms with Crippen molar-refractivity contribution in [3.63, 3.8) is 0 Å². The Labute approximate surface area is 192 Å². The van der Waals surface area contributed by atoms with Crippen LogP contribution in [0.15, 0.2) is 40.9 Å². The molecule has 0 saturated carbocycles. The Morgan fingerprint density at radius 3 is 2.39 bits per heavy atom. The minimum atomic E-state index is 0.667. The fraction of sp³-hybridized carbons (Fsp3) is 0.417. The molecule has 6 nitrogen and oxygen atoms in total. The summed E-state index contributed by atoms with van der Waals surface area (Å²) < 4.78 is 12.1. The zero-order valence-electron chi connectivity index (χ0n) is 18.3. The van der Waals surface area contributed by atoms with Gasteiger partial charge < -0.3 is 19.7 Å². The third kappa shape index (κ3) is 5.17. The van der Waals surface area contributed by atoms with Gasteiger partial charge in [0.15, 0.2) is 17.3 Å². The van der Waals surface area contributed by atoms with E-state index in [1.54, 1.807) is 14.2 Å². The minimum absolute atomic E-state index is 0.667. The van der Waals surface area contributed by atoms with E-state index in [2.05, 4.69) is 33.2 Å². The molecule has 2 heterocycles. The van der Waals surface area contributed by atoms with Crippen molar-refractivity contribution in [3.8, 4) is 22.9 Å². The molecule has 0 amide bonds. The van der Waals surface area contributed by atoms with Gasteiger partial charge in [-0.15, -0.1) is 0 Å². The van der Waals surface area contributed by atoms with Crippen LogP contribution in [0.3, 0.4) is 0 Å². The number of halogens is 1. The normalized spacial score (nSPS) is 15.4. The Balaban J connectivity index is 1.65. The lowest BCUT2D eigenvalue weighted by Crippen LogP contribution is -2.34.